The molecule has 0 unspecified atom stereocenters. The summed E-state index contributed by atoms with van der Waals surface area (Å²) in [4.78, 5) is 47.0. The van der Waals surface area contributed by atoms with Crippen LogP contribution in [0.25, 0.3) is 0 Å². The Morgan fingerprint density at radius 2 is 0.787 bits per heavy atom. The van der Waals surface area contributed by atoms with Crippen LogP contribution in [0.1, 0.15) is 141 Å². The van der Waals surface area contributed by atoms with Crippen LogP contribution in [0, 0.1) is 0 Å². The highest BCUT2D eigenvalue weighted by Gasteiger charge is 2.28. The third-order valence-electron chi connectivity index (χ3n) is 8.34. The lowest BCUT2D eigenvalue weighted by Crippen LogP contribution is -2.21. The van der Waals surface area contributed by atoms with E-state index in [4.69, 9.17) is 11.5 Å². The molecule has 0 aromatic heterocycles. The number of allylic oxidation sites excluding steroid dienone is 4. The van der Waals surface area contributed by atoms with Gasteiger partial charge in [-0.05, 0) is 149 Å². The van der Waals surface area contributed by atoms with E-state index in [-0.39, 0.29) is 22.9 Å². The van der Waals surface area contributed by atoms with Crippen LogP contribution < -0.4 is 16.8 Å². The Bertz CT molecular complexity index is 1330. The minimum absolute atomic E-state index is 0.219. The fraction of sp³-hybridized carbons (Fsp3) is 0.400. The van der Waals surface area contributed by atoms with Gasteiger partial charge in [-0.25, -0.2) is 0 Å². The lowest BCUT2D eigenvalue weighted by molar-refractivity contribution is 0.0877. The highest BCUT2D eigenvalue weighted by Crippen LogP contribution is 2.25. The van der Waals surface area contributed by atoms with E-state index in [1.54, 1.807) is 12.1 Å². The number of carbonyl (C=O) groups excluding carboxylic acids is 4. The van der Waals surface area contributed by atoms with Crippen molar-refractivity contribution in [2.24, 2.45) is 11.5 Å². The molecule has 1 heterocycles. The second kappa shape index (κ2) is 21.3. The topological polar surface area (TPSA) is 132 Å². The summed E-state index contributed by atoms with van der Waals surface area (Å²) in [6.07, 6.45) is 23.7. The summed E-state index contributed by atoms with van der Waals surface area (Å²) in [5.41, 5.74) is 16.9. The van der Waals surface area contributed by atoms with Crippen molar-refractivity contribution in [3.05, 3.63) is 119 Å². The summed E-state index contributed by atoms with van der Waals surface area (Å²) in [7, 11) is 0. The number of benzene rings is 2. The normalized spacial score (nSPS) is 11.6. The molecule has 7 heteroatoms. The number of hydrogen-bond donors (Lipinski definition) is 3. The second-order valence-electron chi connectivity index (χ2n) is 12.0. The summed E-state index contributed by atoms with van der Waals surface area (Å²) in [6, 6.07) is 7.34. The highest BCUT2D eigenvalue weighted by molar-refractivity contribution is 6.21. The Kier molecular flexibility index (Phi) is 17.5. The summed E-state index contributed by atoms with van der Waals surface area (Å²) < 4.78 is 0. The molecule has 0 fully saturated rings. The van der Waals surface area contributed by atoms with E-state index in [0.717, 1.165) is 114 Å². The van der Waals surface area contributed by atoms with Crippen LogP contribution in [-0.4, -0.2) is 23.6 Å². The van der Waals surface area contributed by atoms with Crippen LogP contribution >= 0.6 is 0 Å². The van der Waals surface area contributed by atoms with Gasteiger partial charge in [-0.1, -0.05) is 24.3 Å². The number of imide groups is 1. The van der Waals surface area contributed by atoms with Crippen molar-refractivity contribution in [1.82, 2.24) is 5.32 Å². The maximum atomic E-state index is 11.9. The molecule has 0 spiro atoms. The molecule has 3 rings (SSSR count). The zero-order chi connectivity index (χ0) is 34.6. The lowest BCUT2D eigenvalue weighted by Gasteiger charge is -2.14. The summed E-state index contributed by atoms with van der Waals surface area (Å²) >= 11 is 0. The first-order valence-electron chi connectivity index (χ1n) is 16.9. The number of nitrogens with one attached hydrogen (secondary N) is 1. The molecule has 0 saturated heterocycles. The second-order valence-corrected chi connectivity index (χ2v) is 12.0. The molecule has 47 heavy (non-hydrogen) atoms. The van der Waals surface area contributed by atoms with Gasteiger partial charge in [0.2, 0.25) is 11.8 Å². The van der Waals surface area contributed by atoms with Crippen LogP contribution in [0.4, 0.5) is 0 Å². The van der Waals surface area contributed by atoms with Gasteiger partial charge in [0.15, 0.2) is 0 Å². The summed E-state index contributed by atoms with van der Waals surface area (Å²) in [6.45, 7) is 15.0. The average molecular weight is 640 g/mol. The van der Waals surface area contributed by atoms with Gasteiger partial charge in [-0.2, -0.15) is 0 Å². The Hall–Kier alpha value is -4.52. The zero-order valence-electron chi connectivity index (χ0n) is 28.0. The molecule has 1 aliphatic rings. The molecule has 4 amide bonds. The van der Waals surface area contributed by atoms with Gasteiger partial charge in [0.25, 0.3) is 11.8 Å². The number of unbranched alkanes of at least 4 members (excludes halogenated alkanes) is 8. The molecule has 0 aliphatic carbocycles. The van der Waals surface area contributed by atoms with Gasteiger partial charge < -0.3 is 11.5 Å². The number of fused-ring (bicyclic) bond motifs is 1. The molecule has 0 bridgehead atoms. The van der Waals surface area contributed by atoms with Crippen molar-refractivity contribution >= 4 is 23.6 Å². The fourth-order valence-electron chi connectivity index (χ4n) is 5.75. The minimum atomic E-state index is -0.616. The SMILES string of the molecule is C=CCCCCc1cc(C(N)=O)c(C(N)=O)cc1CCCCC=C.C=CCCCCc1cc2c(cc1CCCCC=C)C(=O)NC2=O. The van der Waals surface area contributed by atoms with Crippen LogP contribution in [0.15, 0.2) is 74.9 Å². The molecule has 7 nitrogen and oxygen atoms in total. The maximum Gasteiger partial charge on any atom is 0.258 e. The summed E-state index contributed by atoms with van der Waals surface area (Å²) in [5.74, 6) is -1.77. The van der Waals surface area contributed by atoms with Crippen molar-refractivity contribution in [3.63, 3.8) is 0 Å². The number of nitrogens with two attached hydrogens (primary N) is 2. The molecule has 0 radical (unpaired) electrons. The van der Waals surface area contributed by atoms with E-state index < -0.39 is 11.8 Å². The number of aryl methyl sites for hydroxylation is 4. The molecular formula is C40H53N3O4. The Balaban J connectivity index is 0.000000327. The Morgan fingerprint density at radius 1 is 0.511 bits per heavy atom. The average Bonchev–Trinajstić information content (AvgIpc) is 3.33. The standard InChI is InChI=1S/C20H28N2O2.C20H25NO2/c1-3-5-7-9-11-15-13-17(19(21)23)18(20(22)24)14-16(15)12-10-8-6-4-2;1-3-5-7-9-11-15-13-17-18(20(23)21-19(17)22)14-16(15)12-10-8-6-4-2/h3-4,13-14H,1-2,5-12H2,(H2,21,23)(H2,22,24);3-4,13-14H,1-2,5-12H2,(H,21,22,23). The van der Waals surface area contributed by atoms with Crippen molar-refractivity contribution < 1.29 is 19.2 Å². The minimum Gasteiger partial charge on any atom is -0.366 e. The number of primary amides is 2. The van der Waals surface area contributed by atoms with Gasteiger partial charge >= 0.3 is 0 Å². The van der Waals surface area contributed by atoms with Crippen LogP contribution in [0.3, 0.4) is 0 Å². The number of carbonyl (C=O) groups is 4. The van der Waals surface area contributed by atoms with Crippen molar-refractivity contribution in [2.45, 2.75) is 103 Å². The van der Waals surface area contributed by atoms with Gasteiger partial charge in [0, 0.05) is 0 Å². The third-order valence-corrected chi connectivity index (χ3v) is 8.34. The van der Waals surface area contributed by atoms with Gasteiger partial charge in [0.1, 0.15) is 0 Å². The van der Waals surface area contributed by atoms with E-state index in [0.29, 0.717) is 11.1 Å². The van der Waals surface area contributed by atoms with E-state index in [1.165, 1.54) is 11.1 Å². The van der Waals surface area contributed by atoms with E-state index in [9.17, 15) is 19.2 Å². The van der Waals surface area contributed by atoms with E-state index in [2.05, 4.69) is 31.6 Å². The Morgan fingerprint density at radius 3 is 1.04 bits per heavy atom. The highest BCUT2D eigenvalue weighted by atomic mass is 16.2. The fourth-order valence-corrected chi connectivity index (χ4v) is 5.75. The van der Waals surface area contributed by atoms with Crippen molar-refractivity contribution in [1.29, 1.82) is 0 Å². The molecular weight excluding hydrogens is 586 g/mol. The molecule has 0 saturated carbocycles. The van der Waals surface area contributed by atoms with Gasteiger partial charge in [-0.3, -0.25) is 24.5 Å². The maximum absolute atomic E-state index is 11.9. The number of amides is 4. The van der Waals surface area contributed by atoms with Crippen molar-refractivity contribution in [2.75, 3.05) is 0 Å². The van der Waals surface area contributed by atoms with E-state index in [1.807, 2.05) is 36.4 Å². The quantitative estimate of drug-likeness (QED) is 0.0683. The Labute approximate surface area is 281 Å². The largest absolute Gasteiger partial charge is 0.366 e. The smallest absolute Gasteiger partial charge is 0.258 e. The van der Waals surface area contributed by atoms with Gasteiger partial charge in [0.05, 0.1) is 22.3 Å². The van der Waals surface area contributed by atoms with Crippen LogP contribution in [-0.2, 0) is 25.7 Å². The number of hydrogen-bond acceptors (Lipinski definition) is 4. The molecule has 2 aromatic rings. The summed E-state index contributed by atoms with van der Waals surface area (Å²) in [5, 5.41) is 2.39. The van der Waals surface area contributed by atoms with E-state index >= 15 is 0 Å². The molecule has 5 N–H and O–H groups in total. The number of rotatable bonds is 22. The van der Waals surface area contributed by atoms with Crippen molar-refractivity contribution in [3.8, 4) is 0 Å². The molecule has 0 atom stereocenters. The molecule has 1 aliphatic heterocycles. The molecule has 2 aromatic carbocycles. The van der Waals surface area contributed by atoms with Gasteiger partial charge in [-0.15, -0.1) is 26.3 Å². The van der Waals surface area contributed by atoms with Crippen LogP contribution in [0.5, 0.6) is 0 Å². The monoisotopic (exact) mass is 639 g/mol. The third kappa shape index (κ3) is 12.7. The first-order chi connectivity index (χ1) is 22.7. The first kappa shape index (κ1) is 38.7. The zero-order valence-corrected chi connectivity index (χ0v) is 28.0. The lowest BCUT2D eigenvalue weighted by atomic mass is 9.91. The van der Waals surface area contributed by atoms with Crippen LogP contribution in [0.2, 0.25) is 0 Å². The molecule has 252 valence electrons. The predicted molar refractivity (Wildman–Crippen MR) is 193 cm³/mol. The first-order valence-corrected chi connectivity index (χ1v) is 16.9. The predicted octanol–water partition coefficient (Wildman–Crippen LogP) is 8.05.